The topological polar surface area (TPSA) is 46.6 Å². The van der Waals surface area contributed by atoms with Crippen LogP contribution in [0.3, 0.4) is 0 Å². The number of carbonyl (C=O) groups is 2. The van der Waals surface area contributed by atoms with Crippen LogP contribution in [0.25, 0.3) is 0 Å². The van der Waals surface area contributed by atoms with Crippen molar-refractivity contribution >= 4 is 17.5 Å². The summed E-state index contributed by atoms with van der Waals surface area (Å²) in [7, 11) is 0. The van der Waals surface area contributed by atoms with Crippen LogP contribution >= 0.6 is 0 Å². The highest BCUT2D eigenvalue weighted by Gasteiger charge is 2.67. The number of anilines is 1. The lowest BCUT2D eigenvalue weighted by molar-refractivity contribution is -0.124. The van der Waals surface area contributed by atoms with Gasteiger partial charge in [0, 0.05) is 0 Å². The lowest BCUT2D eigenvalue weighted by Gasteiger charge is -2.37. The zero-order valence-corrected chi connectivity index (χ0v) is 15.6. The molecule has 5 aliphatic rings. The Balaban J connectivity index is 1.27. The van der Waals surface area contributed by atoms with Gasteiger partial charge in [-0.25, -0.2) is 0 Å². The summed E-state index contributed by atoms with van der Waals surface area (Å²) in [6, 6.07) is 15.1. The van der Waals surface area contributed by atoms with Crippen molar-refractivity contribution in [2.45, 2.75) is 13.3 Å². The van der Waals surface area contributed by atoms with Gasteiger partial charge >= 0.3 is 0 Å². The maximum atomic E-state index is 13.2. The van der Waals surface area contributed by atoms with Crippen molar-refractivity contribution in [3.63, 3.8) is 0 Å². The van der Waals surface area contributed by atoms with E-state index in [0.29, 0.717) is 23.3 Å². The van der Waals surface area contributed by atoms with Gasteiger partial charge in [0.1, 0.15) is 11.5 Å². The molecule has 1 aliphatic heterocycles. The number of imide groups is 1. The standard InChI is InChI=1S/C24H21NO3/c1-13-3-2-4-16(11-13)28-15-7-5-14(6-8-15)25-23(26)21-17-9-10-18(20-12-19(17)20)22(21)24(25)27/h2-11,17-22H,12H2,1H3/t17-,18-,19-,20-,21-,22+/m0/s1. The lowest BCUT2D eigenvalue weighted by Crippen LogP contribution is -2.40. The first-order chi connectivity index (χ1) is 13.6. The molecule has 7 rings (SSSR count). The lowest BCUT2D eigenvalue weighted by atomic mass is 9.63. The van der Waals surface area contributed by atoms with E-state index >= 15 is 0 Å². The number of hydrogen-bond acceptors (Lipinski definition) is 3. The molecule has 3 fully saturated rings. The van der Waals surface area contributed by atoms with E-state index in [-0.39, 0.29) is 35.5 Å². The average molecular weight is 371 g/mol. The van der Waals surface area contributed by atoms with Gasteiger partial charge < -0.3 is 4.74 Å². The van der Waals surface area contributed by atoms with Crippen LogP contribution in [-0.4, -0.2) is 11.8 Å². The van der Waals surface area contributed by atoms with Gasteiger partial charge in [0.25, 0.3) is 0 Å². The second-order valence-electron chi connectivity index (χ2n) is 8.58. The molecule has 2 aromatic rings. The van der Waals surface area contributed by atoms with Crippen molar-refractivity contribution in [3.8, 4) is 11.5 Å². The monoisotopic (exact) mass is 371 g/mol. The van der Waals surface area contributed by atoms with E-state index in [4.69, 9.17) is 4.74 Å². The highest BCUT2D eigenvalue weighted by atomic mass is 16.5. The maximum absolute atomic E-state index is 13.2. The van der Waals surface area contributed by atoms with Crippen molar-refractivity contribution in [1.29, 1.82) is 0 Å². The summed E-state index contributed by atoms with van der Waals surface area (Å²) in [6.45, 7) is 2.02. The Morgan fingerprint density at radius 2 is 1.50 bits per heavy atom. The molecule has 0 N–H and O–H groups in total. The molecule has 0 radical (unpaired) electrons. The van der Waals surface area contributed by atoms with Gasteiger partial charge in [0.05, 0.1) is 17.5 Å². The molecule has 2 amide bonds. The van der Waals surface area contributed by atoms with Crippen molar-refractivity contribution in [2.24, 2.45) is 35.5 Å². The van der Waals surface area contributed by atoms with Crippen LogP contribution in [0.2, 0.25) is 0 Å². The summed E-state index contributed by atoms with van der Waals surface area (Å²) in [5, 5.41) is 0. The number of aryl methyl sites for hydroxylation is 1. The number of amides is 2. The van der Waals surface area contributed by atoms with E-state index in [1.165, 1.54) is 11.3 Å². The third kappa shape index (κ3) is 2.17. The number of carbonyl (C=O) groups excluding carboxylic acids is 2. The summed E-state index contributed by atoms with van der Waals surface area (Å²) in [4.78, 5) is 27.7. The van der Waals surface area contributed by atoms with Crippen LogP contribution < -0.4 is 9.64 Å². The van der Waals surface area contributed by atoms with Crippen LogP contribution in [0.5, 0.6) is 11.5 Å². The molecule has 140 valence electrons. The summed E-state index contributed by atoms with van der Waals surface area (Å²) in [5.41, 5.74) is 1.78. The number of allylic oxidation sites excluding steroid dienone is 2. The molecule has 1 heterocycles. The molecule has 0 spiro atoms. The van der Waals surface area contributed by atoms with E-state index in [0.717, 1.165) is 11.3 Å². The summed E-state index contributed by atoms with van der Waals surface area (Å²) in [6.07, 6.45) is 5.59. The number of benzene rings is 2. The Hall–Kier alpha value is -2.88. The fraction of sp³-hybridized carbons (Fsp3) is 0.333. The highest BCUT2D eigenvalue weighted by Crippen LogP contribution is 2.65. The first kappa shape index (κ1) is 16.1. The average Bonchev–Trinajstić information content (AvgIpc) is 3.47. The number of hydrogen-bond donors (Lipinski definition) is 0. The smallest absolute Gasteiger partial charge is 0.238 e. The molecule has 1 saturated heterocycles. The van der Waals surface area contributed by atoms with Gasteiger partial charge in [-0.05, 0) is 79.0 Å². The number of nitrogens with zero attached hydrogens (tertiary/aromatic N) is 1. The molecule has 28 heavy (non-hydrogen) atoms. The van der Waals surface area contributed by atoms with Crippen molar-refractivity contribution in [2.75, 3.05) is 4.90 Å². The van der Waals surface area contributed by atoms with Gasteiger partial charge in [-0.1, -0.05) is 24.3 Å². The second kappa shape index (κ2) is 5.57. The Bertz CT molecular complexity index is 988. The van der Waals surface area contributed by atoms with Crippen molar-refractivity contribution < 1.29 is 14.3 Å². The summed E-state index contributed by atoms with van der Waals surface area (Å²) < 4.78 is 5.89. The molecule has 4 heteroatoms. The van der Waals surface area contributed by atoms with Crippen molar-refractivity contribution in [3.05, 3.63) is 66.2 Å². The normalized spacial score (nSPS) is 34.4. The van der Waals surface area contributed by atoms with Gasteiger partial charge in [-0.15, -0.1) is 0 Å². The number of ether oxygens (including phenoxy) is 1. The molecular formula is C24H21NO3. The molecular weight excluding hydrogens is 350 g/mol. The Labute approximate surface area is 163 Å². The third-order valence-electron chi connectivity index (χ3n) is 6.98. The van der Waals surface area contributed by atoms with E-state index in [1.54, 1.807) is 0 Å². The van der Waals surface area contributed by atoms with Crippen LogP contribution in [0.4, 0.5) is 5.69 Å². The molecule has 2 aromatic carbocycles. The first-order valence-corrected chi connectivity index (χ1v) is 10.0. The predicted molar refractivity (Wildman–Crippen MR) is 105 cm³/mol. The molecule has 2 bridgehead atoms. The largest absolute Gasteiger partial charge is 0.457 e. The second-order valence-corrected chi connectivity index (χ2v) is 8.58. The molecule has 6 atom stereocenters. The predicted octanol–water partition coefficient (Wildman–Crippen LogP) is 4.34. The number of rotatable bonds is 3. The van der Waals surface area contributed by atoms with Crippen LogP contribution in [0.15, 0.2) is 60.7 Å². The van der Waals surface area contributed by atoms with E-state index in [1.807, 2.05) is 55.5 Å². The fourth-order valence-corrected chi connectivity index (χ4v) is 5.69. The molecule has 4 nitrogen and oxygen atoms in total. The minimum atomic E-state index is -0.158. The Kier molecular flexibility index (Phi) is 3.20. The van der Waals surface area contributed by atoms with E-state index in [2.05, 4.69) is 12.2 Å². The summed E-state index contributed by atoms with van der Waals surface area (Å²) in [5.74, 6) is 2.86. The molecule has 4 aliphatic carbocycles. The molecule has 0 unspecified atom stereocenters. The minimum absolute atomic E-state index is 0.0212. The fourth-order valence-electron chi connectivity index (χ4n) is 5.69. The van der Waals surface area contributed by atoms with Gasteiger partial charge in [-0.2, -0.15) is 0 Å². The van der Waals surface area contributed by atoms with Gasteiger partial charge in [-0.3, -0.25) is 14.5 Å². The highest BCUT2D eigenvalue weighted by molar-refractivity contribution is 6.22. The van der Waals surface area contributed by atoms with Crippen LogP contribution in [0.1, 0.15) is 12.0 Å². The molecule has 2 saturated carbocycles. The van der Waals surface area contributed by atoms with Crippen LogP contribution in [0, 0.1) is 42.4 Å². The zero-order chi connectivity index (χ0) is 19.0. The Morgan fingerprint density at radius 3 is 2.11 bits per heavy atom. The Morgan fingerprint density at radius 1 is 0.857 bits per heavy atom. The van der Waals surface area contributed by atoms with Crippen LogP contribution in [-0.2, 0) is 9.59 Å². The SMILES string of the molecule is Cc1cccc(Oc2ccc(N3C(=O)[C@@H]4[C@H]5C=C[C@@H]([C@@H]6C[C@@H]56)[C@@H]4C3=O)cc2)c1. The minimum Gasteiger partial charge on any atom is -0.457 e. The zero-order valence-electron chi connectivity index (χ0n) is 15.6. The van der Waals surface area contributed by atoms with Gasteiger partial charge in [0.15, 0.2) is 0 Å². The first-order valence-electron chi connectivity index (χ1n) is 10.0. The van der Waals surface area contributed by atoms with E-state index < -0.39 is 0 Å². The van der Waals surface area contributed by atoms with Crippen molar-refractivity contribution in [1.82, 2.24) is 0 Å². The maximum Gasteiger partial charge on any atom is 0.238 e. The molecule has 0 aromatic heterocycles. The quantitative estimate of drug-likeness (QED) is 0.595. The van der Waals surface area contributed by atoms with E-state index in [9.17, 15) is 9.59 Å². The van der Waals surface area contributed by atoms with Gasteiger partial charge in [0.2, 0.25) is 11.8 Å². The third-order valence-corrected chi connectivity index (χ3v) is 6.98. The summed E-state index contributed by atoms with van der Waals surface area (Å²) >= 11 is 0.